The van der Waals surface area contributed by atoms with Crippen LogP contribution in [0.3, 0.4) is 0 Å². The maximum atomic E-state index is 10.8. The lowest BCUT2D eigenvalue weighted by Gasteiger charge is -2.19. The molecule has 1 aliphatic heterocycles. The molecule has 0 aromatic rings. The lowest BCUT2D eigenvalue weighted by molar-refractivity contribution is -0.142. The third-order valence-corrected chi connectivity index (χ3v) is 2.48. The minimum absolute atomic E-state index is 0.246. The van der Waals surface area contributed by atoms with Crippen molar-refractivity contribution in [3.63, 3.8) is 0 Å². The van der Waals surface area contributed by atoms with Crippen molar-refractivity contribution in [2.24, 2.45) is 11.5 Å². The van der Waals surface area contributed by atoms with Crippen molar-refractivity contribution in [2.75, 3.05) is 19.6 Å². The number of carboxylic acids is 1. The molecule has 0 aromatic carbocycles. The number of nitrogens with zero attached hydrogens (tertiary/aromatic N) is 1. The zero-order chi connectivity index (χ0) is 10.8. The van der Waals surface area contributed by atoms with Gasteiger partial charge in [0.25, 0.3) is 0 Å². The summed E-state index contributed by atoms with van der Waals surface area (Å²) in [5.74, 6) is -1.37. The second kappa shape index (κ2) is 3.93. The summed E-state index contributed by atoms with van der Waals surface area (Å²) in [7, 11) is 0. The highest BCUT2D eigenvalue weighted by atomic mass is 16.4. The number of rotatable bonds is 4. The van der Waals surface area contributed by atoms with Crippen LogP contribution in [0.1, 0.15) is 12.8 Å². The summed E-state index contributed by atoms with van der Waals surface area (Å²) in [5, 5.41) is 8.82. The fourth-order valence-electron chi connectivity index (χ4n) is 1.55. The van der Waals surface area contributed by atoms with E-state index in [4.69, 9.17) is 16.6 Å². The standard InChI is InChI=1S/C8H15N3O3/c9-6(12)1-3-11-4-2-8(10,5-11)7(13)14/h1-5,10H2,(H2,9,12)(H,13,14). The third kappa shape index (κ3) is 2.43. The maximum Gasteiger partial charge on any atom is 0.325 e. The second-order valence-corrected chi connectivity index (χ2v) is 3.70. The van der Waals surface area contributed by atoms with Gasteiger partial charge in [0.1, 0.15) is 5.54 Å². The number of amides is 1. The molecule has 0 radical (unpaired) electrons. The Morgan fingerprint density at radius 3 is 2.57 bits per heavy atom. The average molecular weight is 201 g/mol. The van der Waals surface area contributed by atoms with Gasteiger partial charge in [-0.25, -0.2) is 0 Å². The molecule has 1 fully saturated rings. The molecule has 6 nitrogen and oxygen atoms in total. The van der Waals surface area contributed by atoms with E-state index in [2.05, 4.69) is 0 Å². The Bertz CT molecular complexity index is 256. The quantitative estimate of drug-likeness (QED) is 0.505. The monoisotopic (exact) mass is 201 g/mol. The molecule has 1 rings (SSSR count). The van der Waals surface area contributed by atoms with E-state index in [9.17, 15) is 9.59 Å². The first-order valence-electron chi connectivity index (χ1n) is 4.47. The van der Waals surface area contributed by atoms with E-state index in [0.717, 1.165) is 0 Å². The molecule has 1 heterocycles. The summed E-state index contributed by atoms with van der Waals surface area (Å²) in [6.45, 7) is 1.38. The van der Waals surface area contributed by atoms with E-state index in [1.807, 2.05) is 4.90 Å². The smallest absolute Gasteiger partial charge is 0.325 e. The Morgan fingerprint density at radius 1 is 1.50 bits per heavy atom. The summed E-state index contributed by atoms with van der Waals surface area (Å²) >= 11 is 0. The number of hydrogen-bond donors (Lipinski definition) is 3. The van der Waals surface area contributed by atoms with Crippen LogP contribution in [0.2, 0.25) is 0 Å². The van der Waals surface area contributed by atoms with Gasteiger partial charge < -0.3 is 21.5 Å². The van der Waals surface area contributed by atoms with Gasteiger partial charge in [0.15, 0.2) is 0 Å². The fourth-order valence-corrected chi connectivity index (χ4v) is 1.55. The van der Waals surface area contributed by atoms with Crippen LogP contribution in [0.4, 0.5) is 0 Å². The number of hydrogen-bond acceptors (Lipinski definition) is 4. The van der Waals surface area contributed by atoms with E-state index >= 15 is 0 Å². The van der Waals surface area contributed by atoms with E-state index in [-0.39, 0.29) is 18.9 Å². The van der Waals surface area contributed by atoms with Crippen molar-refractivity contribution in [3.05, 3.63) is 0 Å². The van der Waals surface area contributed by atoms with Gasteiger partial charge in [-0.1, -0.05) is 0 Å². The number of nitrogens with two attached hydrogens (primary N) is 2. The van der Waals surface area contributed by atoms with Crippen LogP contribution in [0.5, 0.6) is 0 Å². The molecule has 1 aliphatic rings. The van der Waals surface area contributed by atoms with Crippen molar-refractivity contribution >= 4 is 11.9 Å². The number of carbonyl (C=O) groups excluding carboxylic acids is 1. The van der Waals surface area contributed by atoms with Crippen LogP contribution >= 0.6 is 0 Å². The molecule has 0 saturated carbocycles. The van der Waals surface area contributed by atoms with Crippen LogP contribution in [-0.4, -0.2) is 47.1 Å². The molecule has 0 spiro atoms. The SMILES string of the molecule is NC(=O)CCN1CCC(N)(C(=O)O)C1. The average Bonchev–Trinajstić information content (AvgIpc) is 2.45. The highest BCUT2D eigenvalue weighted by molar-refractivity contribution is 5.79. The molecule has 6 heteroatoms. The number of likely N-dealkylation sites (tertiary alicyclic amines) is 1. The molecule has 14 heavy (non-hydrogen) atoms. The summed E-state index contributed by atoms with van der Waals surface area (Å²) < 4.78 is 0. The summed E-state index contributed by atoms with van der Waals surface area (Å²) in [5.41, 5.74) is 9.47. The maximum absolute atomic E-state index is 10.8. The van der Waals surface area contributed by atoms with Gasteiger partial charge in [-0.2, -0.15) is 0 Å². The van der Waals surface area contributed by atoms with Gasteiger partial charge in [0.05, 0.1) is 0 Å². The molecule has 0 bridgehead atoms. The number of carboxylic acid groups (broad SMARTS) is 1. The van der Waals surface area contributed by atoms with Crippen molar-refractivity contribution in [1.82, 2.24) is 4.90 Å². The molecule has 1 unspecified atom stereocenters. The van der Waals surface area contributed by atoms with E-state index in [0.29, 0.717) is 19.5 Å². The van der Waals surface area contributed by atoms with E-state index in [1.165, 1.54) is 0 Å². The topological polar surface area (TPSA) is 110 Å². The predicted molar refractivity (Wildman–Crippen MR) is 49.4 cm³/mol. The first kappa shape index (κ1) is 10.9. The second-order valence-electron chi connectivity index (χ2n) is 3.70. The molecule has 0 aliphatic carbocycles. The van der Waals surface area contributed by atoms with E-state index < -0.39 is 11.5 Å². The first-order chi connectivity index (χ1) is 6.44. The van der Waals surface area contributed by atoms with Gasteiger partial charge in [-0.15, -0.1) is 0 Å². The zero-order valence-electron chi connectivity index (χ0n) is 7.90. The Labute approximate surface area is 81.8 Å². The number of carbonyl (C=O) groups is 2. The van der Waals surface area contributed by atoms with Crippen LogP contribution in [0.25, 0.3) is 0 Å². The molecule has 1 amide bonds. The van der Waals surface area contributed by atoms with Crippen molar-refractivity contribution in [2.45, 2.75) is 18.4 Å². The molecule has 80 valence electrons. The Kier molecular flexibility index (Phi) is 3.07. The van der Waals surface area contributed by atoms with Gasteiger partial charge in [0.2, 0.25) is 5.91 Å². The Hall–Kier alpha value is -1.14. The minimum atomic E-state index is -1.16. The minimum Gasteiger partial charge on any atom is -0.480 e. The highest BCUT2D eigenvalue weighted by Gasteiger charge is 2.40. The molecular formula is C8H15N3O3. The van der Waals surface area contributed by atoms with Crippen molar-refractivity contribution in [3.8, 4) is 0 Å². The van der Waals surface area contributed by atoms with E-state index in [1.54, 1.807) is 0 Å². The molecular weight excluding hydrogens is 186 g/mol. The van der Waals surface area contributed by atoms with Gasteiger partial charge >= 0.3 is 5.97 Å². The number of aliphatic carboxylic acids is 1. The molecule has 5 N–H and O–H groups in total. The van der Waals surface area contributed by atoms with Crippen LogP contribution < -0.4 is 11.5 Å². The highest BCUT2D eigenvalue weighted by Crippen LogP contribution is 2.18. The lowest BCUT2D eigenvalue weighted by Crippen LogP contribution is -2.50. The molecule has 1 saturated heterocycles. The summed E-state index contributed by atoms with van der Waals surface area (Å²) in [6, 6.07) is 0. The van der Waals surface area contributed by atoms with Crippen molar-refractivity contribution in [1.29, 1.82) is 0 Å². The fraction of sp³-hybridized carbons (Fsp3) is 0.750. The first-order valence-corrected chi connectivity index (χ1v) is 4.47. The molecule has 0 aromatic heterocycles. The normalized spacial score (nSPS) is 27.8. The van der Waals surface area contributed by atoms with Crippen LogP contribution in [-0.2, 0) is 9.59 Å². The third-order valence-electron chi connectivity index (χ3n) is 2.48. The van der Waals surface area contributed by atoms with Gasteiger partial charge in [-0.3, -0.25) is 9.59 Å². The van der Waals surface area contributed by atoms with Crippen molar-refractivity contribution < 1.29 is 14.7 Å². The zero-order valence-corrected chi connectivity index (χ0v) is 7.90. The van der Waals surface area contributed by atoms with Gasteiger partial charge in [0, 0.05) is 26.1 Å². The number of primary amides is 1. The van der Waals surface area contributed by atoms with Gasteiger partial charge in [-0.05, 0) is 6.42 Å². The lowest BCUT2D eigenvalue weighted by atomic mass is 10.0. The predicted octanol–water partition coefficient (Wildman–Crippen LogP) is -1.65. The molecule has 1 atom stereocenters. The summed E-state index contributed by atoms with van der Waals surface area (Å²) in [4.78, 5) is 23.1. The Balaban J connectivity index is 2.41. The summed E-state index contributed by atoms with van der Waals surface area (Å²) in [6.07, 6.45) is 0.663. The Morgan fingerprint density at radius 2 is 2.14 bits per heavy atom. The largest absolute Gasteiger partial charge is 0.480 e. The van der Waals surface area contributed by atoms with Crippen LogP contribution in [0.15, 0.2) is 0 Å². The van der Waals surface area contributed by atoms with Crippen LogP contribution in [0, 0.1) is 0 Å².